The van der Waals surface area contributed by atoms with Crippen molar-refractivity contribution in [3.05, 3.63) is 83.1 Å². The summed E-state index contributed by atoms with van der Waals surface area (Å²) in [7, 11) is 0. The molecule has 2 aromatic rings. The SMILES string of the molecule is O=C(NC1CC1)C1=C[C@H](c2ccccc2)C[C@H](OCc2ccc(CO)cc2)O1. The molecule has 0 spiro atoms. The summed E-state index contributed by atoms with van der Waals surface area (Å²) < 4.78 is 11.9. The van der Waals surface area contributed by atoms with Crippen LogP contribution in [-0.2, 0) is 27.5 Å². The van der Waals surface area contributed by atoms with E-state index in [1.165, 1.54) is 0 Å². The molecule has 1 aliphatic carbocycles. The van der Waals surface area contributed by atoms with Crippen LogP contribution in [0.3, 0.4) is 0 Å². The van der Waals surface area contributed by atoms with Crippen LogP contribution in [0, 0.1) is 0 Å². The lowest BCUT2D eigenvalue weighted by Gasteiger charge is -2.29. The number of benzene rings is 2. The Morgan fingerprint density at radius 3 is 2.46 bits per heavy atom. The standard InChI is InChI=1S/C23H25NO4/c25-14-16-6-8-17(9-7-16)15-27-22-13-19(18-4-2-1-3-5-18)12-21(28-22)23(26)24-20-10-11-20/h1-9,12,19-20,22,25H,10-11,13-15H2,(H,24,26)/t19-,22+/m0/s1. The maximum atomic E-state index is 12.5. The lowest BCUT2D eigenvalue weighted by atomic mass is 9.93. The summed E-state index contributed by atoms with van der Waals surface area (Å²) in [4.78, 5) is 12.5. The zero-order valence-corrected chi connectivity index (χ0v) is 15.7. The summed E-state index contributed by atoms with van der Waals surface area (Å²) in [5, 5.41) is 12.1. The zero-order valence-electron chi connectivity index (χ0n) is 15.7. The number of carbonyl (C=O) groups is 1. The van der Waals surface area contributed by atoms with E-state index in [0.29, 0.717) is 18.8 Å². The summed E-state index contributed by atoms with van der Waals surface area (Å²) in [5.41, 5.74) is 3.00. The fraction of sp³-hybridized carbons (Fsp3) is 0.348. The van der Waals surface area contributed by atoms with E-state index in [1.807, 2.05) is 48.5 Å². The number of hydrogen-bond donors (Lipinski definition) is 2. The smallest absolute Gasteiger partial charge is 0.286 e. The van der Waals surface area contributed by atoms with Gasteiger partial charge < -0.3 is 19.9 Å². The van der Waals surface area contributed by atoms with Gasteiger partial charge in [0, 0.05) is 18.4 Å². The van der Waals surface area contributed by atoms with Crippen molar-refractivity contribution in [3.8, 4) is 0 Å². The average molecular weight is 379 g/mol. The Labute approximate surface area is 165 Å². The summed E-state index contributed by atoms with van der Waals surface area (Å²) in [5.74, 6) is 0.244. The largest absolute Gasteiger partial charge is 0.459 e. The molecule has 1 amide bonds. The van der Waals surface area contributed by atoms with Crippen LogP contribution in [-0.4, -0.2) is 23.3 Å². The summed E-state index contributed by atoms with van der Waals surface area (Å²) in [6.07, 6.45) is 4.13. The molecule has 2 aromatic carbocycles. The van der Waals surface area contributed by atoms with Gasteiger partial charge in [0.1, 0.15) is 0 Å². The highest BCUT2D eigenvalue weighted by Crippen LogP contribution is 2.32. The van der Waals surface area contributed by atoms with E-state index >= 15 is 0 Å². The Kier molecular flexibility index (Phi) is 5.74. The van der Waals surface area contributed by atoms with Gasteiger partial charge in [-0.05, 0) is 35.6 Å². The lowest BCUT2D eigenvalue weighted by Crippen LogP contribution is -2.33. The first-order valence-electron chi connectivity index (χ1n) is 9.76. The average Bonchev–Trinajstić information content (AvgIpc) is 3.57. The van der Waals surface area contributed by atoms with Crippen LogP contribution < -0.4 is 5.32 Å². The molecule has 5 heteroatoms. The minimum absolute atomic E-state index is 0.0237. The van der Waals surface area contributed by atoms with E-state index in [2.05, 4.69) is 17.4 Å². The first kappa shape index (κ1) is 18.7. The van der Waals surface area contributed by atoms with E-state index in [1.54, 1.807) is 0 Å². The van der Waals surface area contributed by atoms with Gasteiger partial charge in [0.2, 0.25) is 6.29 Å². The van der Waals surface area contributed by atoms with Gasteiger partial charge in [0.05, 0.1) is 13.2 Å². The molecular weight excluding hydrogens is 354 g/mol. The Morgan fingerprint density at radius 1 is 1.07 bits per heavy atom. The van der Waals surface area contributed by atoms with E-state index in [0.717, 1.165) is 29.5 Å². The second kappa shape index (κ2) is 8.59. The minimum Gasteiger partial charge on any atom is -0.459 e. The van der Waals surface area contributed by atoms with Crippen molar-refractivity contribution in [3.63, 3.8) is 0 Å². The van der Waals surface area contributed by atoms with Crippen LogP contribution in [0.5, 0.6) is 0 Å². The molecular formula is C23H25NO4. The lowest BCUT2D eigenvalue weighted by molar-refractivity contribution is -0.150. The fourth-order valence-electron chi connectivity index (χ4n) is 3.27. The summed E-state index contributed by atoms with van der Waals surface area (Å²) in [6.45, 7) is 0.408. The molecule has 0 unspecified atom stereocenters. The maximum Gasteiger partial charge on any atom is 0.286 e. The van der Waals surface area contributed by atoms with Crippen LogP contribution in [0.25, 0.3) is 0 Å². The third-order valence-corrected chi connectivity index (χ3v) is 5.06. The van der Waals surface area contributed by atoms with Crippen LogP contribution in [0.15, 0.2) is 66.4 Å². The van der Waals surface area contributed by atoms with Crippen LogP contribution >= 0.6 is 0 Å². The number of hydrogen-bond acceptors (Lipinski definition) is 4. The Morgan fingerprint density at radius 2 is 1.79 bits per heavy atom. The van der Waals surface area contributed by atoms with Gasteiger partial charge in [-0.2, -0.15) is 0 Å². The fourth-order valence-corrected chi connectivity index (χ4v) is 3.27. The molecule has 4 rings (SSSR count). The third kappa shape index (κ3) is 4.80. The monoisotopic (exact) mass is 379 g/mol. The van der Waals surface area contributed by atoms with Crippen LogP contribution in [0.2, 0.25) is 0 Å². The molecule has 1 aliphatic heterocycles. The van der Waals surface area contributed by atoms with E-state index < -0.39 is 6.29 Å². The van der Waals surface area contributed by atoms with E-state index in [9.17, 15) is 4.79 Å². The number of allylic oxidation sites excluding steroid dienone is 1. The molecule has 2 aliphatic rings. The number of aliphatic hydroxyl groups excluding tert-OH is 1. The molecule has 146 valence electrons. The second-order valence-electron chi connectivity index (χ2n) is 7.36. The topological polar surface area (TPSA) is 67.8 Å². The van der Waals surface area contributed by atoms with Gasteiger partial charge in [-0.25, -0.2) is 0 Å². The first-order chi connectivity index (χ1) is 13.7. The highest BCUT2D eigenvalue weighted by Gasteiger charge is 2.31. The molecule has 5 nitrogen and oxygen atoms in total. The Hall–Kier alpha value is -2.63. The highest BCUT2D eigenvalue weighted by molar-refractivity contribution is 5.92. The minimum atomic E-state index is -0.493. The number of carbonyl (C=O) groups excluding carboxylic acids is 1. The highest BCUT2D eigenvalue weighted by atomic mass is 16.7. The molecule has 2 atom stereocenters. The molecule has 1 heterocycles. The molecule has 28 heavy (non-hydrogen) atoms. The number of aliphatic hydroxyl groups is 1. The van der Waals surface area contributed by atoms with Gasteiger partial charge in [0.15, 0.2) is 5.76 Å². The van der Waals surface area contributed by atoms with Crippen molar-refractivity contribution in [1.82, 2.24) is 5.32 Å². The van der Waals surface area contributed by atoms with Crippen LogP contribution in [0.4, 0.5) is 0 Å². The Bertz CT molecular complexity index is 827. The van der Waals surface area contributed by atoms with Crippen molar-refractivity contribution in [2.24, 2.45) is 0 Å². The zero-order chi connectivity index (χ0) is 19.3. The molecule has 0 bridgehead atoms. The molecule has 0 aromatic heterocycles. The van der Waals surface area contributed by atoms with Crippen molar-refractivity contribution in [1.29, 1.82) is 0 Å². The van der Waals surface area contributed by atoms with Crippen molar-refractivity contribution < 1.29 is 19.4 Å². The number of amides is 1. The van der Waals surface area contributed by atoms with Gasteiger partial charge in [-0.1, -0.05) is 54.6 Å². The van der Waals surface area contributed by atoms with Crippen molar-refractivity contribution in [2.45, 2.75) is 50.7 Å². The molecule has 0 radical (unpaired) electrons. The summed E-state index contributed by atoms with van der Waals surface area (Å²) in [6, 6.07) is 18.0. The second-order valence-corrected chi connectivity index (χ2v) is 7.36. The molecule has 1 fully saturated rings. The van der Waals surface area contributed by atoms with Gasteiger partial charge in [-0.3, -0.25) is 4.79 Å². The van der Waals surface area contributed by atoms with E-state index in [4.69, 9.17) is 14.6 Å². The van der Waals surface area contributed by atoms with Gasteiger partial charge in [-0.15, -0.1) is 0 Å². The summed E-state index contributed by atoms with van der Waals surface area (Å²) >= 11 is 0. The molecule has 0 saturated heterocycles. The van der Waals surface area contributed by atoms with Gasteiger partial charge >= 0.3 is 0 Å². The number of nitrogens with one attached hydrogen (secondary N) is 1. The molecule has 1 saturated carbocycles. The predicted molar refractivity (Wildman–Crippen MR) is 105 cm³/mol. The maximum absolute atomic E-state index is 12.5. The first-order valence-corrected chi connectivity index (χ1v) is 9.76. The predicted octanol–water partition coefficient (Wildman–Crippen LogP) is 3.39. The van der Waals surface area contributed by atoms with Crippen LogP contribution in [0.1, 0.15) is 41.9 Å². The van der Waals surface area contributed by atoms with Gasteiger partial charge in [0.25, 0.3) is 5.91 Å². The molecule has 2 N–H and O–H groups in total. The normalized spacial score (nSPS) is 21.5. The number of ether oxygens (including phenoxy) is 2. The van der Waals surface area contributed by atoms with Crippen molar-refractivity contribution in [2.75, 3.05) is 0 Å². The van der Waals surface area contributed by atoms with E-state index in [-0.39, 0.29) is 24.5 Å². The van der Waals surface area contributed by atoms with Crippen molar-refractivity contribution >= 4 is 5.91 Å². The number of rotatable bonds is 7. The third-order valence-electron chi connectivity index (χ3n) is 5.06. The Balaban J connectivity index is 1.45. The quantitative estimate of drug-likeness (QED) is 0.774.